The zero-order valence-corrected chi connectivity index (χ0v) is 19.2. The summed E-state index contributed by atoms with van der Waals surface area (Å²) in [5.41, 5.74) is 1.19. The Balaban J connectivity index is 2.13. The van der Waals surface area contributed by atoms with E-state index in [1.54, 1.807) is 0 Å². The SMILES string of the molecule is CCCC[Si](C)(C)OC(CCCCc1ccccc1)(Cc1ccccc1)C(=O)O. The molecule has 0 aromatic heterocycles. The summed E-state index contributed by atoms with van der Waals surface area (Å²) in [5, 5.41) is 10.3. The predicted octanol–water partition coefficient (Wildman–Crippen LogP) is 6.49. The summed E-state index contributed by atoms with van der Waals surface area (Å²) in [6.07, 6.45) is 5.95. The molecule has 0 aliphatic rings. The number of unbranched alkanes of at least 4 members (excludes halogenated alkanes) is 2. The van der Waals surface area contributed by atoms with Gasteiger partial charge in [-0.05, 0) is 55.9 Å². The first-order valence-corrected chi connectivity index (χ1v) is 14.0. The van der Waals surface area contributed by atoms with Gasteiger partial charge in [0, 0.05) is 6.42 Å². The van der Waals surface area contributed by atoms with Crippen LogP contribution < -0.4 is 0 Å². The fourth-order valence-electron chi connectivity index (χ4n) is 3.89. The zero-order chi connectivity index (χ0) is 21.2. The lowest BCUT2D eigenvalue weighted by atomic mass is 9.89. The molecule has 158 valence electrons. The van der Waals surface area contributed by atoms with E-state index in [0.29, 0.717) is 12.8 Å². The molecule has 2 aromatic rings. The summed E-state index contributed by atoms with van der Waals surface area (Å²) < 4.78 is 6.58. The highest BCUT2D eigenvalue weighted by Crippen LogP contribution is 2.31. The van der Waals surface area contributed by atoms with Gasteiger partial charge in [-0.25, -0.2) is 4.79 Å². The molecule has 0 saturated heterocycles. The average molecular weight is 413 g/mol. The first kappa shape index (κ1) is 23.4. The molecule has 0 spiro atoms. The van der Waals surface area contributed by atoms with Crippen LogP contribution in [-0.4, -0.2) is 25.0 Å². The number of carboxylic acids is 1. The fourth-order valence-corrected chi connectivity index (χ4v) is 6.52. The molecule has 0 fully saturated rings. The zero-order valence-electron chi connectivity index (χ0n) is 18.2. The summed E-state index contributed by atoms with van der Waals surface area (Å²) in [6.45, 7) is 6.49. The molecule has 29 heavy (non-hydrogen) atoms. The van der Waals surface area contributed by atoms with Gasteiger partial charge in [0.05, 0.1) is 0 Å². The molecule has 1 unspecified atom stereocenters. The van der Waals surface area contributed by atoms with Crippen molar-refractivity contribution in [2.45, 2.75) is 76.6 Å². The van der Waals surface area contributed by atoms with Crippen LogP contribution in [0.4, 0.5) is 0 Å². The normalized spacial score (nSPS) is 13.8. The van der Waals surface area contributed by atoms with E-state index in [0.717, 1.165) is 43.7 Å². The van der Waals surface area contributed by atoms with Gasteiger partial charge < -0.3 is 9.53 Å². The van der Waals surface area contributed by atoms with Crippen molar-refractivity contribution in [1.29, 1.82) is 0 Å². The van der Waals surface area contributed by atoms with E-state index < -0.39 is 19.9 Å². The third-order valence-electron chi connectivity index (χ3n) is 5.47. The molecule has 0 amide bonds. The lowest BCUT2D eigenvalue weighted by molar-refractivity contribution is -0.157. The van der Waals surface area contributed by atoms with Crippen LogP contribution in [0.25, 0.3) is 0 Å². The maximum absolute atomic E-state index is 12.5. The maximum Gasteiger partial charge on any atom is 0.335 e. The van der Waals surface area contributed by atoms with Crippen LogP contribution in [0, 0.1) is 0 Å². The Bertz CT molecular complexity index is 730. The van der Waals surface area contributed by atoms with Gasteiger partial charge in [-0.3, -0.25) is 0 Å². The second-order valence-electron chi connectivity index (χ2n) is 8.62. The number of rotatable bonds is 13. The molecule has 1 N–H and O–H groups in total. The number of benzene rings is 2. The van der Waals surface area contributed by atoms with E-state index in [1.807, 2.05) is 36.4 Å². The largest absolute Gasteiger partial charge is 0.479 e. The Morgan fingerprint density at radius 1 is 0.931 bits per heavy atom. The fraction of sp³-hybridized carbons (Fsp3) is 0.480. The molecule has 0 radical (unpaired) electrons. The maximum atomic E-state index is 12.5. The third kappa shape index (κ3) is 7.79. The molecular formula is C25H36O3Si. The molecule has 2 rings (SSSR count). The minimum absolute atomic E-state index is 0.428. The first-order valence-electron chi connectivity index (χ1n) is 10.9. The van der Waals surface area contributed by atoms with Gasteiger partial charge in [0.1, 0.15) is 0 Å². The van der Waals surface area contributed by atoms with Gasteiger partial charge in [-0.1, -0.05) is 80.4 Å². The van der Waals surface area contributed by atoms with Crippen molar-refractivity contribution in [3.63, 3.8) is 0 Å². The Kier molecular flexibility index (Phi) is 9.12. The predicted molar refractivity (Wildman–Crippen MR) is 123 cm³/mol. The molecule has 0 heterocycles. The molecular weight excluding hydrogens is 376 g/mol. The average Bonchev–Trinajstić information content (AvgIpc) is 2.71. The monoisotopic (exact) mass is 412 g/mol. The van der Waals surface area contributed by atoms with E-state index in [-0.39, 0.29) is 0 Å². The third-order valence-corrected chi connectivity index (χ3v) is 7.97. The minimum Gasteiger partial charge on any atom is -0.479 e. The lowest BCUT2D eigenvalue weighted by Gasteiger charge is -2.38. The van der Waals surface area contributed by atoms with Crippen LogP contribution in [0.3, 0.4) is 0 Å². The number of carbonyl (C=O) groups is 1. The minimum atomic E-state index is -2.08. The summed E-state index contributed by atoms with van der Waals surface area (Å²) in [7, 11) is -2.08. The quantitative estimate of drug-likeness (QED) is 0.302. The van der Waals surface area contributed by atoms with Crippen molar-refractivity contribution in [3.05, 3.63) is 71.8 Å². The van der Waals surface area contributed by atoms with E-state index >= 15 is 0 Å². The van der Waals surface area contributed by atoms with Crippen molar-refractivity contribution in [2.24, 2.45) is 0 Å². The van der Waals surface area contributed by atoms with Crippen molar-refractivity contribution in [1.82, 2.24) is 0 Å². The molecule has 2 aromatic carbocycles. The van der Waals surface area contributed by atoms with Crippen LogP contribution in [0.2, 0.25) is 19.1 Å². The molecule has 4 heteroatoms. The highest BCUT2D eigenvalue weighted by atomic mass is 28.4. The van der Waals surface area contributed by atoms with Crippen LogP contribution in [0.15, 0.2) is 60.7 Å². The Hall–Kier alpha value is -1.91. The smallest absolute Gasteiger partial charge is 0.335 e. The van der Waals surface area contributed by atoms with Gasteiger partial charge in [-0.15, -0.1) is 0 Å². The number of hydrogen-bond acceptors (Lipinski definition) is 2. The number of carboxylic acid groups (broad SMARTS) is 1. The summed E-state index contributed by atoms with van der Waals surface area (Å²) in [4.78, 5) is 12.5. The molecule has 3 nitrogen and oxygen atoms in total. The Morgan fingerprint density at radius 2 is 1.52 bits per heavy atom. The molecule has 0 saturated carbocycles. The Morgan fingerprint density at radius 3 is 2.07 bits per heavy atom. The van der Waals surface area contributed by atoms with E-state index in [4.69, 9.17) is 4.43 Å². The highest BCUT2D eigenvalue weighted by molar-refractivity contribution is 6.71. The van der Waals surface area contributed by atoms with Gasteiger partial charge >= 0.3 is 5.97 Å². The first-order chi connectivity index (χ1) is 13.9. The lowest BCUT2D eigenvalue weighted by Crippen LogP contribution is -2.51. The van der Waals surface area contributed by atoms with E-state index in [9.17, 15) is 9.90 Å². The standard InChI is InChI=1S/C25H36O3Si/c1-4-5-20-29(2,3)28-25(24(26)27,21-23-17-10-7-11-18-23)19-13-12-16-22-14-8-6-9-15-22/h6-11,14-15,17-18H,4-5,12-13,16,19-21H2,1-3H3,(H,26,27). The van der Waals surface area contributed by atoms with Crippen molar-refractivity contribution in [3.8, 4) is 0 Å². The second-order valence-corrected chi connectivity index (χ2v) is 12.8. The number of hydrogen-bond donors (Lipinski definition) is 1. The summed E-state index contributed by atoms with van der Waals surface area (Å²) in [6, 6.07) is 21.3. The topological polar surface area (TPSA) is 46.5 Å². The van der Waals surface area contributed by atoms with Crippen LogP contribution in [-0.2, 0) is 22.1 Å². The highest BCUT2D eigenvalue weighted by Gasteiger charge is 2.44. The summed E-state index contributed by atoms with van der Waals surface area (Å²) >= 11 is 0. The van der Waals surface area contributed by atoms with Gasteiger partial charge in [-0.2, -0.15) is 0 Å². The van der Waals surface area contributed by atoms with E-state index in [1.165, 1.54) is 5.56 Å². The second kappa shape index (κ2) is 11.3. The van der Waals surface area contributed by atoms with Gasteiger partial charge in [0.25, 0.3) is 0 Å². The molecule has 1 atom stereocenters. The molecule has 0 aliphatic heterocycles. The van der Waals surface area contributed by atoms with E-state index in [2.05, 4.69) is 44.3 Å². The molecule has 0 aliphatic carbocycles. The van der Waals surface area contributed by atoms with Gasteiger partial charge in [0.15, 0.2) is 13.9 Å². The molecule has 0 bridgehead atoms. The van der Waals surface area contributed by atoms with Gasteiger partial charge in [0.2, 0.25) is 0 Å². The van der Waals surface area contributed by atoms with Crippen LogP contribution in [0.5, 0.6) is 0 Å². The summed E-state index contributed by atoms with van der Waals surface area (Å²) in [5.74, 6) is -0.821. The number of aliphatic carboxylic acids is 1. The van der Waals surface area contributed by atoms with Crippen molar-refractivity contribution >= 4 is 14.3 Å². The van der Waals surface area contributed by atoms with Crippen LogP contribution in [0.1, 0.15) is 50.2 Å². The van der Waals surface area contributed by atoms with Crippen molar-refractivity contribution in [2.75, 3.05) is 0 Å². The Labute approximate surface area is 177 Å². The van der Waals surface area contributed by atoms with Crippen molar-refractivity contribution < 1.29 is 14.3 Å². The van der Waals surface area contributed by atoms with Crippen LogP contribution >= 0.6 is 0 Å². The number of aryl methyl sites for hydroxylation is 1.